The van der Waals surface area contributed by atoms with Gasteiger partial charge >= 0.3 is 5.97 Å². The molecule has 0 heterocycles. The van der Waals surface area contributed by atoms with Crippen LogP contribution in [0.1, 0.15) is 20.8 Å². The van der Waals surface area contributed by atoms with Gasteiger partial charge in [-0.05, 0) is 24.3 Å². The summed E-state index contributed by atoms with van der Waals surface area (Å²) in [5, 5.41) is 9.02. The summed E-state index contributed by atoms with van der Waals surface area (Å²) in [5.74, 6) is -1.14. The van der Waals surface area contributed by atoms with Crippen molar-refractivity contribution >= 4 is 17.6 Å². The molecule has 1 rings (SSSR count). The van der Waals surface area contributed by atoms with Crippen LogP contribution in [0.25, 0.3) is 0 Å². The first-order chi connectivity index (χ1) is 9.36. The predicted molar refractivity (Wildman–Crippen MR) is 77.0 cm³/mol. The smallest absolute Gasteiger partial charge is 0.308 e. The third kappa shape index (κ3) is 3.98. The molecule has 5 nitrogen and oxygen atoms in total. The van der Waals surface area contributed by atoms with Crippen LogP contribution in [0.2, 0.25) is 0 Å². The third-order valence-corrected chi connectivity index (χ3v) is 3.02. The number of carbonyl (C=O) groups is 2. The Morgan fingerprint density at radius 2 is 1.75 bits per heavy atom. The fourth-order valence-corrected chi connectivity index (χ4v) is 1.75. The number of amides is 1. The Hall–Kier alpha value is -2.04. The summed E-state index contributed by atoms with van der Waals surface area (Å²) in [6, 6.07) is 7.02. The summed E-state index contributed by atoms with van der Waals surface area (Å²) in [4.78, 5) is 24.8. The average molecular weight is 279 g/mol. The van der Waals surface area contributed by atoms with Gasteiger partial charge < -0.3 is 14.7 Å². The Labute approximate surface area is 119 Å². The third-order valence-electron chi connectivity index (χ3n) is 3.02. The molecule has 0 aliphatic heterocycles. The van der Waals surface area contributed by atoms with Crippen LogP contribution in [-0.2, 0) is 9.59 Å². The summed E-state index contributed by atoms with van der Waals surface area (Å²) in [7, 11) is 1.57. The molecule has 1 N–H and O–H groups in total. The lowest BCUT2D eigenvalue weighted by atomic mass is 10.1. The zero-order valence-corrected chi connectivity index (χ0v) is 12.3. The van der Waals surface area contributed by atoms with E-state index in [1.165, 1.54) is 4.90 Å². The SMILES string of the molecule is COc1ccc(N(CC(C)C(=O)O)C(=O)C(C)C)cc1. The first kappa shape index (κ1) is 16.0. The largest absolute Gasteiger partial charge is 0.497 e. The van der Waals surface area contributed by atoms with Gasteiger partial charge in [0.05, 0.1) is 13.0 Å². The van der Waals surface area contributed by atoms with Crippen LogP contribution in [0.5, 0.6) is 5.75 Å². The van der Waals surface area contributed by atoms with Crippen molar-refractivity contribution in [2.24, 2.45) is 11.8 Å². The highest BCUT2D eigenvalue weighted by Crippen LogP contribution is 2.22. The van der Waals surface area contributed by atoms with Gasteiger partial charge in [0.25, 0.3) is 0 Å². The number of hydrogen-bond donors (Lipinski definition) is 1. The molecule has 0 aliphatic carbocycles. The summed E-state index contributed by atoms with van der Waals surface area (Å²) >= 11 is 0. The number of hydrogen-bond acceptors (Lipinski definition) is 3. The highest BCUT2D eigenvalue weighted by molar-refractivity contribution is 5.95. The Kier molecular flexibility index (Phi) is 5.55. The minimum Gasteiger partial charge on any atom is -0.497 e. The number of benzene rings is 1. The molecule has 1 aromatic carbocycles. The molecule has 1 unspecified atom stereocenters. The number of ether oxygens (including phenoxy) is 1. The second-order valence-corrected chi connectivity index (χ2v) is 5.04. The van der Waals surface area contributed by atoms with Crippen molar-refractivity contribution in [2.45, 2.75) is 20.8 Å². The second kappa shape index (κ2) is 6.93. The number of nitrogens with zero attached hydrogens (tertiary/aromatic N) is 1. The molecule has 0 bridgehead atoms. The second-order valence-electron chi connectivity index (χ2n) is 5.04. The van der Waals surface area contributed by atoms with Crippen molar-refractivity contribution in [1.82, 2.24) is 0 Å². The van der Waals surface area contributed by atoms with Crippen LogP contribution in [0, 0.1) is 11.8 Å². The predicted octanol–water partition coefficient (Wildman–Crippen LogP) is 2.40. The Balaban J connectivity index is 3.02. The van der Waals surface area contributed by atoms with Crippen molar-refractivity contribution in [3.05, 3.63) is 24.3 Å². The van der Waals surface area contributed by atoms with Gasteiger partial charge in [-0.15, -0.1) is 0 Å². The van der Waals surface area contributed by atoms with Crippen molar-refractivity contribution in [2.75, 3.05) is 18.6 Å². The molecule has 0 spiro atoms. The van der Waals surface area contributed by atoms with E-state index in [4.69, 9.17) is 9.84 Å². The van der Waals surface area contributed by atoms with Gasteiger partial charge in [-0.1, -0.05) is 20.8 Å². The molecule has 1 aromatic rings. The lowest BCUT2D eigenvalue weighted by molar-refractivity contribution is -0.140. The first-order valence-corrected chi connectivity index (χ1v) is 6.55. The van der Waals surface area contributed by atoms with Gasteiger partial charge in [0.15, 0.2) is 0 Å². The number of methoxy groups -OCH3 is 1. The van der Waals surface area contributed by atoms with Crippen LogP contribution in [0.4, 0.5) is 5.69 Å². The number of carboxylic acids is 1. The monoisotopic (exact) mass is 279 g/mol. The van der Waals surface area contributed by atoms with Crippen LogP contribution >= 0.6 is 0 Å². The van der Waals surface area contributed by atoms with Gasteiger partial charge in [-0.3, -0.25) is 9.59 Å². The highest BCUT2D eigenvalue weighted by Gasteiger charge is 2.23. The molecule has 0 radical (unpaired) electrons. The molecule has 110 valence electrons. The van der Waals surface area contributed by atoms with Gasteiger partial charge in [-0.25, -0.2) is 0 Å². The first-order valence-electron chi connectivity index (χ1n) is 6.55. The van der Waals surface area contributed by atoms with Crippen molar-refractivity contribution in [1.29, 1.82) is 0 Å². The minimum atomic E-state index is -0.917. The van der Waals surface area contributed by atoms with E-state index in [0.29, 0.717) is 11.4 Å². The quantitative estimate of drug-likeness (QED) is 0.868. The van der Waals surface area contributed by atoms with Crippen LogP contribution in [0.15, 0.2) is 24.3 Å². The van der Waals surface area contributed by atoms with Gasteiger partial charge in [0, 0.05) is 18.2 Å². The van der Waals surface area contributed by atoms with Crippen LogP contribution < -0.4 is 9.64 Å². The molecule has 0 saturated heterocycles. The molecule has 0 fully saturated rings. The van der Waals surface area contributed by atoms with E-state index in [2.05, 4.69) is 0 Å². The lowest BCUT2D eigenvalue weighted by Crippen LogP contribution is -2.39. The number of rotatable bonds is 6. The Morgan fingerprint density at radius 1 is 1.20 bits per heavy atom. The van der Waals surface area contributed by atoms with E-state index in [0.717, 1.165) is 0 Å². The molecule has 0 aromatic heterocycles. The van der Waals surface area contributed by atoms with Crippen LogP contribution in [-0.4, -0.2) is 30.6 Å². The average Bonchev–Trinajstić information content (AvgIpc) is 2.43. The number of carbonyl (C=O) groups excluding carboxylic acids is 1. The van der Waals surface area contributed by atoms with Crippen molar-refractivity contribution in [3.8, 4) is 5.75 Å². The summed E-state index contributed by atoms with van der Waals surface area (Å²) < 4.78 is 5.08. The molecular formula is C15H21NO4. The van der Waals surface area contributed by atoms with Crippen molar-refractivity contribution in [3.63, 3.8) is 0 Å². The van der Waals surface area contributed by atoms with E-state index >= 15 is 0 Å². The molecular weight excluding hydrogens is 258 g/mol. The van der Waals surface area contributed by atoms with E-state index < -0.39 is 11.9 Å². The molecule has 5 heteroatoms. The lowest BCUT2D eigenvalue weighted by Gasteiger charge is -2.26. The summed E-state index contributed by atoms with van der Waals surface area (Å²) in [5.41, 5.74) is 0.678. The highest BCUT2D eigenvalue weighted by atomic mass is 16.5. The van der Waals surface area contributed by atoms with E-state index in [1.54, 1.807) is 52.1 Å². The molecule has 0 saturated carbocycles. The number of aliphatic carboxylic acids is 1. The molecule has 1 atom stereocenters. The fraction of sp³-hybridized carbons (Fsp3) is 0.467. The standard InChI is InChI=1S/C15H21NO4/c1-10(2)14(17)16(9-11(3)15(18)19)12-5-7-13(20-4)8-6-12/h5-8,10-11H,9H2,1-4H3,(H,18,19). The van der Waals surface area contributed by atoms with E-state index in [-0.39, 0.29) is 18.4 Å². The minimum absolute atomic E-state index is 0.0942. The number of anilines is 1. The van der Waals surface area contributed by atoms with Crippen molar-refractivity contribution < 1.29 is 19.4 Å². The topological polar surface area (TPSA) is 66.8 Å². The zero-order chi connectivity index (χ0) is 15.3. The van der Waals surface area contributed by atoms with E-state index in [1.807, 2.05) is 0 Å². The van der Waals surface area contributed by atoms with E-state index in [9.17, 15) is 9.59 Å². The molecule has 1 amide bonds. The summed E-state index contributed by atoms with van der Waals surface area (Å²) in [6.07, 6.45) is 0. The molecule has 20 heavy (non-hydrogen) atoms. The Morgan fingerprint density at radius 3 is 2.15 bits per heavy atom. The van der Waals surface area contributed by atoms with Crippen LogP contribution in [0.3, 0.4) is 0 Å². The van der Waals surface area contributed by atoms with Gasteiger partial charge in [0.1, 0.15) is 5.75 Å². The maximum absolute atomic E-state index is 12.3. The summed E-state index contributed by atoms with van der Waals surface area (Å²) in [6.45, 7) is 5.33. The normalized spacial score (nSPS) is 12.1. The maximum atomic E-state index is 12.3. The number of carboxylic acid groups (broad SMARTS) is 1. The molecule has 0 aliphatic rings. The Bertz CT molecular complexity index is 467. The maximum Gasteiger partial charge on any atom is 0.308 e. The van der Waals surface area contributed by atoms with Gasteiger partial charge in [0.2, 0.25) is 5.91 Å². The zero-order valence-electron chi connectivity index (χ0n) is 12.3. The van der Waals surface area contributed by atoms with Gasteiger partial charge in [-0.2, -0.15) is 0 Å². The fourth-order valence-electron chi connectivity index (χ4n) is 1.75.